The van der Waals surface area contributed by atoms with Crippen LogP contribution < -0.4 is 15.8 Å². The lowest BCUT2D eigenvalue weighted by Gasteiger charge is -2.27. The highest BCUT2D eigenvalue weighted by molar-refractivity contribution is 5.47. The summed E-state index contributed by atoms with van der Waals surface area (Å²) in [6, 6.07) is 0. The fourth-order valence-electron chi connectivity index (χ4n) is 1.58. The van der Waals surface area contributed by atoms with Gasteiger partial charge in [-0.05, 0) is 19.8 Å². The average Bonchev–Trinajstić information content (AvgIpc) is 2.37. The molecule has 0 spiro atoms. The summed E-state index contributed by atoms with van der Waals surface area (Å²) in [4.78, 5) is 8.24. The Morgan fingerprint density at radius 1 is 1.35 bits per heavy atom. The van der Waals surface area contributed by atoms with Crippen molar-refractivity contribution in [3.05, 3.63) is 11.9 Å². The van der Waals surface area contributed by atoms with E-state index in [0.717, 1.165) is 24.2 Å². The van der Waals surface area contributed by atoms with Crippen molar-refractivity contribution >= 4 is 5.82 Å². The Bertz CT molecular complexity index is 364. The predicted octanol–water partition coefficient (Wildman–Crippen LogP) is 1.72. The van der Waals surface area contributed by atoms with Gasteiger partial charge in [-0.3, -0.25) is 0 Å². The van der Waals surface area contributed by atoms with Crippen LogP contribution in [0.3, 0.4) is 0 Å². The molecule has 0 aliphatic carbocycles. The van der Waals surface area contributed by atoms with Crippen molar-refractivity contribution in [2.24, 2.45) is 5.73 Å². The van der Waals surface area contributed by atoms with Crippen LogP contribution in [0.4, 0.5) is 5.82 Å². The molecule has 0 bridgehead atoms. The number of hydrogen-bond acceptors (Lipinski definition) is 5. The van der Waals surface area contributed by atoms with Crippen LogP contribution in [-0.2, 0) is 0 Å². The predicted molar refractivity (Wildman–Crippen MR) is 69.3 cm³/mol. The van der Waals surface area contributed by atoms with Gasteiger partial charge in [-0.1, -0.05) is 13.8 Å². The van der Waals surface area contributed by atoms with E-state index >= 15 is 0 Å². The second kappa shape index (κ2) is 5.82. The molecule has 0 aromatic carbocycles. The van der Waals surface area contributed by atoms with Crippen molar-refractivity contribution in [2.45, 2.75) is 39.2 Å². The molecule has 1 aromatic rings. The van der Waals surface area contributed by atoms with Crippen molar-refractivity contribution in [3.8, 4) is 5.88 Å². The minimum Gasteiger partial charge on any atom is -0.481 e. The molecule has 0 unspecified atom stereocenters. The molecule has 0 atom stereocenters. The Kier molecular flexibility index (Phi) is 4.69. The Morgan fingerprint density at radius 3 is 2.53 bits per heavy atom. The zero-order valence-corrected chi connectivity index (χ0v) is 11.1. The molecule has 5 nitrogen and oxygen atoms in total. The normalized spacial score (nSPS) is 11.4. The Hall–Kier alpha value is -1.36. The number of nitrogens with two attached hydrogens (primary N) is 1. The van der Waals surface area contributed by atoms with E-state index in [-0.39, 0.29) is 5.54 Å². The number of methoxy groups -OCH3 is 1. The van der Waals surface area contributed by atoms with E-state index in [9.17, 15) is 0 Å². The van der Waals surface area contributed by atoms with Gasteiger partial charge < -0.3 is 15.8 Å². The molecular formula is C12H22N4O. The lowest BCUT2D eigenvalue weighted by atomic mass is 9.94. The zero-order valence-electron chi connectivity index (χ0n) is 11.1. The summed E-state index contributed by atoms with van der Waals surface area (Å²) in [5.41, 5.74) is 6.95. The number of aromatic nitrogens is 2. The maximum Gasteiger partial charge on any atom is 0.221 e. The molecule has 0 saturated heterocycles. The Labute approximate surface area is 103 Å². The molecular weight excluding hydrogens is 216 g/mol. The highest BCUT2D eigenvalue weighted by Gasteiger charge is 2.20. The monoisotopic (exact) mass is 238 g/mol. The van der Waals surface area contributed by atoms with Gasteiger partial charge in [0, 0.05) is 12.1 Å². The zero-order chi connectivity index (χ0) is 12.9. The van der Waals surface area contributed by atoms with Crippen LogP contribution >= 0.6 is 0 Å². The first-order valence-electron chi connectivity index (χ1n) is 5.94. The van der Waals surface area contributed by atoms with Gasteiger partial charge in [-0.25, -0.2) is 9.97 Å². The van der Waals surface area contributed by atoms with E-state index in [2.05, 4.69) is 29.1 Å². The average molecular weight is 238 g/mol. The summed E-state index contributed by atoms with van der Waals surface area (Å²) in [5, 5.41) is 3.27. The first-order valence-corrected chi connectivity index (χ1v) is 5.94. The van der Waals surface area contributed by atoms with Crippen LogP contribution in [0.25, 0.3) is 0 Å². The summed E-state index contributed by atoms with van der Waals surface area (Å²) >= 11 is 0. The molecule has 0 amide bonds. The quantitative estimate of drug-likeness (QED) is 0.789. The van der Waals surface area contributed by atoms with E-state index in [1.165, 1.54) is 6.33 Å². The molecule has 1 rings (SSSR count). The second-order valence-corrected chi connectivity index (χ2v) is 4.28. The summed E-state index contributed by atoms with van der Waals surface area (Å²) in [6.45, 7) is 6.81. The Morgan fingerprint density at radius 2 is 2.00 bits per heavy atom. The van der Waals surface area contributed by atoms with Crippen LogP contribution in [0.2, 0.25) is 0 Å². The van der Waals surface area contributed by atoms with Crippen molar-refractivity contribution in [1.29, 1.82) is 0 Å². The number of rotatable bonds is 6. The molecule has 1 heterocycles. The van der Waals surface area contributed by atoms with E-state index < -0.39 is 0 Å². The summed E-state index contributed by atoms with van der Waals surface area (Å²) in [6.07, 6.45) is 3.35. The number of hydrogen-bond donors (Lipinski definition) is 2. The number of anilines is 1. The number of nitrogens with one attached hydrogen (secondary N) is 1. The van der Waals surface area contributed by atoms with Crippen LogP contribution in [0, 0.1) is 6.92 Å². The first kappa shape index (κ1) is 13.7. The fraction of sp³-hybridized carbons (Fsp3) is 0.667. The molecule has 96 valence electrons. The Balaban J connectivity index is 2.76. The third kappa shape index (κ3) is 3.30. The molecule has 3 N–H and O–H groups in total. The number of ether oxygens (including phenoxy) is 1. The molecule has 1 aromatic heterocycles. The summed E-state index contributed by atoms with van der Waals surface area (Å²) in [7, 11) is 1.60. The van der Waals surface area contributed by atoms with Crippen molar-refractivity contribution in [1.82, 2.24) is 9.97 Å². The van der Waals surface area contributed by atoms with E-state index in [0.29, 0.717) is 12.4 Å². The minimum atomic E-state index is -0.190. The summed E-state index contributed by atoms with van der Waals surface area (Å²) in [5.74, 6) is 1.38. The van der Waals surface area contributed by atoms with Crippen LogP contribution in [-0.4, -0.2) is 29.2 Å². The van der Waals surface area contributed by atoms with Gasteiger partial charge >= 0.3 is 0 Å². The second-order valence-electron chi connectivity index (χ2n) is 4.28. The third-order valence-electron chi connectivity index (χ3n) is 3.25. The molecule has 0 aliphatic rings. The lowest BCUT2D eigenvalue weighted by molar-refractivity contribution is 0.393. The molecule has 5 heteroatoms. The lowest BCUT2D eigenvalue weighted by Crippen LogP contribution is -2.45. The summed E-state index contributed by atoms with van der Waals surface area (Å²) < 4.78 is 5.15. The van der Waals surface area contributed by atoms with E-state index in [1.807, 2.05) is 6.92 Å². The van der Waals surface area contributed by atoms with Gasteiger partial charge in [0.25, 0.3) is 0 Å². The van der Waals surface area contributed by atoms with Crippen molar-refractivity contribution in [3.63, 3.8) is 0 Å². The fourth-order valence-corrected chi connectivity index (χ4v) is 1.58. The van der Waals surface area contributed by atoms with Gasteiger partial charge in [-0.15, -0.1) is 0 Å². The SMILES string of the molecule is CCC(N)(CC)CNc1ncnc(OC)c1C. The highest BCUT2D eigenvalue weighted by atomic mass is 16.5. The van der Waals surface area contributed by atoms with Crippen LogP contribution in [0.1, 0.15) is 32.3 Å². The maximum absolute atomic E-state index is 6.23. The van der Waals surface area contributed by atoms with E-state index in [1.54, 1.807) is 7.11 Å². The highest BCUT2D eigenvalue weighted by Crippen LogP contribution is 2.21. The molecule has 0 aliphatic heterocycles. The van der Waals surface area contributed by atoms with Gasteiger partial charge in [0.1, 0.15) is 12.1 Å². The number of nitrogens with zero attached hydrogens (tertiary/aromatic N) is 2. The van der Waals surface area contributed by atoms with Gasteiger partial charge in [0.15, 0.2) is 0 Å². The largest absolute Gasteiger partial charge is 0.481 e. The molecule has 17 heavy (non-hydrogen) atoms. The van der Waals surface area contributed by atoms with Crippen LogP contribution in [0.15, 0.2) is 6.33 Å². The van der Waals surface area contributed by atoms with Gasteiger partial charge in [0.2, 0.25) is 5.88 Å². The van der Waals surface area contributed by atoms with E-state index in [4.69, 9.17) is 10.5 Å². The minimum absolute atomic E-state index is 0.190. The third-order valence-corrected chi connectivity index (χ3v) is 3.25. The topological polar surface area (TPSA) is 73.1 Å². The molecule has 0 fully saturated rings. The van der Waals surface area contributed by atoms with Crippen molar-refractivity contribution in [2.75, 3.05) is 19.0 Å². The van der Waals surface area contributed by atoms with Crippen molar-refractivity contribution < 1.29 is 4.74 Å². The smallest absolute Gasteiger partial charge is 0.221 e. The molecule has 0 saturated carbocycles. The van der Waals surface area contributed by atoms with Gasteiger partial charge in [-0.2, -0.15) is 0 Å². The van der Waals surface area contributed by atoms with Crippen LogP contribution in [0.5, 0.6) is 5.88 Å². The molecule has 0 radical (unpaired) electrons. The standard InChI is InChI=1S/C12H22N4O/c1-5-12(13,6-2)7-14-10-9(3)11(17-4)16-8-15-10/h8H,5-7,13H2,1-4H3,(H,14,15,16). The first-order chi connectivity index (χ1) is 8.06. The van der Waals surface area contributed by atoms with Gasteiger partial charge in [0.05, 0.1) is 12.7 Å². The maximum atomic E-state index is 6.23.